The van der Waals surface area contributed by atoms with E-state index in [1.54, 1.807) is 31.2 Å². The van der Waals surface area contributed by atoms with Gasteiger partial charge in [-0.15, -0.1) is 0 Å². The zero-order valence-electron chi connectivity index (χ0n) is 14.1. The average molecular weight is 325 g/mol. The Hall–Kier alpha value is -2.62. The smallest absolute Gasteiger partial charge is 0.315 e. The Morgan fingerprint density at radius 1 is 1.04 bits per heavy atom. The molecule has 1 atom stereocenters. The van der Waals surface area contributed by atoms with Gasteiger partial charge in [0.25, 0.3) is 0 Å². The van der Waals surface area contributed by atoms with Crippen LogP contribution in [0, 0.1) is 0 Å². The van der Waals surface area contributed by atoms with Crippen molar-refractivity contribution in [3.05, 3.63) is 71.3 Å². The van der Waals surface area contributed by atoms with Gasteiger partial charge in [-0.05, 0) is 30.0 Å². The molecule has 0 saturated carbocycles. The van der Waals surface area contributed by atoms with Gasteiger partial charge in [-0.3, -0.25) is 9.59 Å². The number of aryl methyl sites for hydroxylation is 1. The first-order valence-corrected chi connectivity index (χ1v) is 8.09. The number of hydrogen-bond donors (Lipinski definition) is 2. The van der Waals surface area contributed by atoms with Crippen molar-refractivity contribution in [3.63, 3.8) is 0 Å². The zero-order chi connectivity index (χ0) is 17.6. The number of carbonyl (C=O) groups is 2. The summed E-state index contributed by atoms with van der Waals surface area (Å²) >= 11 is 0. The van der Waals surface area contributed by atoms with E-state index in [9.17, 15) is 14.7 Å². The fourth-order valence-corrected chi connectivity index (χ4v) is 2.59. The molecule has 4 heteroatoms. The molecule has 4 nitrogen and oxygen atoms in total. The van der Waals surface area contributed by atoms with Crippen molar-refractivity contribution in [2.75, 3.05) is 6.54 Å². The fraction of sp³-hybridized carbons (Fsp3) is 0.300. The van der Waals surface area contributed by atoms with Gasteiger partial charge in [0, 0.05) is 6.54 Å². The number of hydrogen-bond acceptors (Lipinski definition) is 2. The summed E-state index contributed by atoms with van der Waals surface area (Å²) < 4.78 is 0. The highest BCUT2D eigenvalue weighted by atomic mass is 16.4. The molecule has 2 rings (SSSR count). The Kier molecular flexibility index (Phi) is 5.74. The summed E-state index contributed by atoms with van der Waals surface area (Å²) in [7, 11) is 0. The minimum atomic E-state index is -1.15. The SMILES string of the molecule is CCc1cccc(CC(=O)NCC(C)(C(=O)O)c2ccccc2)c1. The van der Waals surface area contributed by atoms with Gasteiger partial charge in [-0.25, -0.2) is 0 Å². The van der Waals surface area contributed by atoms with Crippen molar-refractivity contribution in [1.82, 2.24) is 5.32 Å². The van der Waals surface area contributed by atoms with Crippen LogP contribution >= 0.6 is 0 Å². The third-order valence-electron chi connectivity index (χ3n) is 4.29. The van der Waals surface area contributed by atoms with Crippen molar-refractivity contribution in [2.24, 2.45) is 0 Å². The Balaban J connectivity index is 2.04. The van der Waals surface area contributed by atoms with E-state index < -0.39 is 11.4 Å². The molecular weight excluding hydrogens is 302 g/mol. The molecular formula is C20H23NO3. The first-order chi connectivity index (χ1) is 11.5. The molecule has 0 bridgehead atoms. The van der Waals surface area contributed by atoms with Gasteiger partial charge in [0.2, 0.25) is 5.91 Å². The lowest BCUT2D eigenvalue weighted by atomic mass is 9.82. The third-order valence-corrected chi connectivity index (χ3v) is 4.29. The summed E-state index contributed by atoms with van der Waals surface area (Å²) in [5.41, 5.74) is 1.64. The molecule has 0 heterocycles. The number of benzene rings is 2. The molecule has 0 radical (unpaired) electrons. The molecule has 0 aliphatic carbocycles. The van der Waals surface area contributed by atoms with E-state index in [1.165, 1.54) is 5.56 Å². The van der Waals surface area contributed by atoms with E-state index in [-0.39, 0.29) is 18.9 Å². The van der Waals surface area contributed by atoms with Gasteiger partial charge < -0.3 is 10.4 Å². The standard InChI is InChI=1S/C20H23NO3/c1-3-15-8-7-9-16(12-15)13-18(22)21-14-20(2,19(23)24)17-10-5-4-6-11-17/h4-12H,3,13-14H2,1-2H3,(H,21,22)(H,23,24). The fourth-order valence-electron chi connectivity index (χ4n) is 2.59. The van der Waals surface area contributed by atoms with Gasteiger partial charge in [0.1, 0.15) is 5.41 Å². The van der Waals surface area contributed by atoms with Crippen molar-refractivity contribution in [2.45, 2.75) is 32.1 Å². The summed E-state index contributed by atoms with van der Waals surface area (Å²) in [6.07, 6.45) is 1.17. The largest absolute Gasteiger partial charge is 0.481 e. The van der Waals surface area contributed by atoms with Gasteiger partial charge in [0.05, 0.1) is 6.42 Å². The number of amides is 1. The summed E-state index contributed by atoms with van der Waals surface area (Å²) in [6.45, 7) is 3.75. The molecule has 0 aliphatic heterocycles. The maximum atomic E-state index is 12.2. The molecule has 0 saturated heterocycles. The van der Waals surface area contributed by atoms with Crippen LogP contribution in [-0.2, 0) is 27.8 Å². The lowest BCUT2D eigenvalue weighted by Gasteiger charge is -2.25. The van der Waals surface area contributed by atoms with Crippen molar-refractivity contribution >= 4 is 11.9 Å². The lowest BCUT2D eigenvalue weighted by molar-refractivity contribution is -0.143. The molecule has 0 aromatic heterocycles. The topological polar surface area (TPSA) is 66.4 Å². The quantitative estimate of drug-likeness (QED) is 0.822. The van der Waals surface area contributed by atoms with E-state index >= 15 is 0 Å². The second kappa shape index (κ2) is 7.77. The molecule has 0 aliphatic rings. The molecule has 126 valence electrons. The van der Waals surface area contributed by atoms with E-state index in [2.05, 4.69) is 12.2 Å². The Labute approximate surface area is 142 Å². The van der Waals surface area contributed by atoms with Gasteiger partial charge >= 0.3 is 5.97 Å². The van der Waals surface area contributed by atoms with E-state index in [4.69, 9.17) is 0 Å². The zero-order valence-corrected chi connectivity index (χ0v) is 14.1. The molecule has 2 N–H and O–H groups in total. The predicted molar refractivity (Wildman–Crippen MR) is 94.0 cm³/mol. The van der Waals surface area contributed by atoms with E-state index in [0.29, 0.717) is 5.56 Å². The predicted octanol–water partition coefficient (Wildman–Crippen LogP) is 2.95. The average Bonchev–Trinajstić information content (AvgIpc) is 2.60. The number of carbonyl (C=O) groups excluding carboxylic acids is 1. The highest BCUT2D eigenvalue weighted by Crippen LogP contribution is 2.23. The molecule has 24 heavy (non-hydrogen) atoms. The van der Waals surface area contributed by atoms with Crippen LogP contribution in [0.3, 0.4) is 0 Å². The van der Waals surface area contributed by atoms with Crippen LogP contribution in [0.1, 0.15) is 30.5 Å². The van der Waals surface area contributed by atoms with Crippen LogP contribution in [0.5, 0.6) is 0 Å². The normalized spacial score (nSPS) is 13.1. The Morgan fingerprint density at radius 2 is 1.71 bits per heavy atom. The maximum Gasteiger partial charge on any atom is 0.315 e. The number of rotatable bonds is 7. The van der Waals surface area contributed by atoms with Gasteiger partial charge in [-0.1, -0.05) is 61.5 Å². The second-order valence-corrected chi connectivity index (χ2v) is 6.13. The molecule has 1 amide bonds. The Morgan fingerprint density at radius 3 is 2.33 bits per heavy atom. The van der Waals surface area contributed by atoms with Gasteiger partial charge in [0.15, 0.2) is 0 Å². The number of nitrogens with one attached hydrogen (secondary N) is 1. The molecule has 2 aromatic rings. The summed E-state index contributed by atoms with van der Waals surface area (Å²) in [4.78, 5) is 23.9. The molecule has 1 unspecified atom stereocenters. The third kappa shape index (κ3) is 4.22. The summed E-state index contributed by atoms with van der Waals surface area (Å²) in [6, 6.07) is 16.9. The van der Waals surface area contributed by atoms with Crippen LogP contribution in [0.2, 0.25) is 0 Å². The van der Waals surface area contributed by atoms with Crippen molar-refractivity contribution in [1.29, 1.82) is 0 Å². The second-order valence-electron chi connectivity index (χ2n) is 6.13. The summed E-state index contributed by atoms with van der Waals surface area (Å²) in [5.74, 6) is -1.13. The van der Waals surface area contributed by atoms with Crippen molar-refractivity contribution in [3.8, 4) is 0 Å². The highest BCUT2D eigenvalue weighted by Gasteiger charge is 2.35. The highest BCUT2D eigenvalue weighted by molar-refractivity contribution is 5.84. The van der Waals surface area contributed by atoms with Gasteiger partial charge in [-0.2, -0.15) is 0 Å². The molecule has 2 aromatic carbocycles. The van der Waals surface area contributed by atoms with Crippen molar-refractivity contribution < 1.29 is 14.7 Å². The maximum absolute atomic E-state index is 12.2. The monoisotopic (exact) mass is 325 g/mol. The van der Waals surface area contributed by atoms with Crippen LogP contribution in [0.4, 0.5) is 0 Å². The van der Waals surface area contributed by atoms with Crippen LogP contribution in [-0.4, -0.2) is 23.5 Å². The van der Waals surface area contributed by atoms with Crippen LogP contribution < -0.4 is 5.32 Å². The minimum absolute atomic E-state index is 0.0542. The Bertz CT molecular complexity index is 712. The van der Waals surface area contributed by atoms with E-state index in [0.717, 1.165) is 12.0 Å². The van der Waals surface area contributed by atoms with Crippen LogP contribution in [0.15, 0.2) is 54.6 Å². The van der Waals surface area contributed by atoms with Crippen LogP contribution in [0.25, 0.3) is 0 Å². The summed E-state index contributed by atoms with van der Waals surface area (Å²) in [5, 5.41) is 12.4. The number of carboxylic acid groups (broad SMARTS) is 1. The molecule has 0 fully saturated rings. The number of aliphatic carboxylic acids is 1. The molecule has 0 spiro atoms. The lowest BCUT2D eigenvalue weighted by Crippen LogP contribution is -2.44. The number of carboxylic acids is 1. The first-order valence-electron chi connectivity index (χ1n) is 8.09. The first kappa shape index (κ1) is 17.7. The minimum Gasteiger partial charge on any atom is -0.481 e. The van der Waals surface area contributed by atoms with E-state index in [1.807, 2.05) is 30.3 Å².